The van der Waals surface area contributed by atoms with Crippen molar-refractivity contribution in [1.82, 2.24) is 0 Å². The Morgan fingerprint density at radius 1 is 0.960 bits per heavy atom. The highest BCUT2D eigenvalue weighted by atomic mass is 19.4. The number of alkyl halides is 3. The molecule has 1 fully saturated rings. The van der Waals surface area contributed by atoms with Crippen molar-refractivity contribution in [2.24, 2.45) is 17.8 Å². The highest BCUT2D eigenvalue weighted by Gasteiger charge is 2.31. The molecule has 0 radical (unpaired) electrons. The summed E-state index contributed by atoms with van der Waals surface area (Å²) in [5, 5.41) is 0. The van der Waals surface area contributed by atoms with Crippen LogP contribution in [0, 0.1) is 17.8 Å². The smallest absolute Gasteiger partial charge is 0.166 e. The van der Waals surface area contributed by atoms with E-state index in [0.717, 1.165) is 36.2 Å². The Balaban J connectivity index is 0.00000243. The zero-order valence-electron chi connectivity index (χ0n) is 14.9. The van der Waals surface area contributed by atoms with Gasteiger partial charge in [-0.05, 0) is 92.9 Å². The predicted octanol–water partition coefficient (Wildman–Crippen LogP) is 7.52. The molecule has 0 N–H and O–H groups in total. The predicted molar refractivity (Wildman–Crippen MR) is 99.1 cm³/mol. The topological polar surface area (TPSA) is 0 Å². The molecule has 3 heteroatoms. The second-order valence-electron chi connectivity index (χ2n) is 7.54. The lowest BCUT2D eigenvalue weighted by Gasteiger charge is -2.34. The van der Waals surface area contributed by atoms with Crippen LogP contribution in [-0.2, 0) is 6.18 Å². The third-order valence-electron chi connectivity index (χ3n) is 5.98. The average Bonchev–Trinajstić information content (AvgIpc) is 2.62. The van der Waals surface area contributed by atoms with E-state index in [-0.39, 0.29) is 1.43 Å². The maximum atomic E-state index is 12.7. The molecule has 0 saturated heterocycles. The Morgan fingerprint density at radius 3 is 2.16 bits per heavy atom. The lowest BCUT2D eigenvalue weighted by molar-refractivity contribution is -0.137. The maximum Gasteiger partial charge on any atom is 0.416 e. The van der Waals surface area contributed by atoms with Crippen LogP contribution in [0.3, 0.4) is 0 Å². The van der Waals surface area contributed by atoms with Crippen molar-refractivity contribution in [1.29, 1.82) is 0 Å². The van der Waals surface area contributed by atoms with Gasteiger partial charge in [-0.1, -0.05) is 30.4 Å². The van der Waals surface area contributed by atoms with Crippen LogP contribution in [0.5, 0.6) is 0 Å². The van der Waals surface area contributed by atoms with Gasteiger partial charge >= 0.3 is 6.18 Å². The van der Waals surface area contributed by atoms with Crippen LogP contribution in [0.15, 0.2) is 42.5 Å². The number of halogens is 3. The van der Waals surface area contributed by atoms with E-state index >= 15 is 0 Å². The molecular formula is C22H29F3. The molecule has 0 aliphatic heterocycles. The summed E-state index contributed by atoms with van der Waals surface area (Å²) in [5.41, 5.74) is 1.60. The van der Waals surface area contributed by atoms with Gasteiger partial charge in [0.25, 0.3) is 0 Å². The molecule has 1 saturated carbocycles. The van der Waals surface area contributed by atoms with Gasteiger partial charge in [-0.3, -0.25) is 0 Å². The van der Waals surface area contributed by atoms with E-state index in [0.29, 0.717) is 0 Å². The third kappa shape index (κ3) is 4.56. The number of rotatable bonds is 3. The zero-order chi connectivity index (χ0) is 17.9. The van der Waals surface area contributed by atoms with E-state index in [1.807, 2.05) is 0 Å². The number of benzene rings is 1. The van der Waals surface area contributed by atoms with Gasteiger partial charge in [-0.25, -0.2) is 0 Å². The van der Waals surface area contributed by atoms with Crippen molar-refractivity contribution in [3.05, 3.63) is 53.6 Å². The minimum absolute atomic E-state index is 0. The second-order valence-corrected chi connectivity index (χ2v) is 7.54. The average molecular weight is 350 g/mol. The first-order valence-corrected chi connectivity index (χ1v) is 9.47. The molecule has 138 valence electrons. The van der Waals surface area contributed by atoms with Crippen LogP contribution >= 0.6 is 0 Å². The number of hydrogen-bond acceptors (Lipinski definition) is 0. The first-order chi connectivity index (χ1) is 12.0. The Kier molecular flexibility index (Phi) is 5.71. The van der Waals surface area contributed by atoms with Crippen LogP contribution in [0.4, 0.5) is 13.2 Å². The van der Waals surface area contributed by atoms with Gasteiger partial charge in [0, 0.05) is 1.43 Å². The van der Waals surface area contributed by atoms with Gasteiger partial charge in [-0.15, -0.1) is 0 Å². The summed E-state index contributed by atoms with van der Waals surface area (Å²) in [6.07, 6.45) is 11.0. The van der Waals surface area contributed by atoms with Crippen molar-refractivity contribution in [2.75, 3.05) is 0 Å². The van der Waals surface area contributed by atoms with Crippen LogP contribution < -0.4 is 0 Å². The Bertz CT molecular complexity index is 620. The van der Waals surface area contributed by atoms with Gasteiger partial charge in [0.05, 0.1) is 5.56 Å². The van der Waals surface area contributed by atoms with Gasteiger partial charge in [-0.2, -0.15) is 13.2 Å². The van der Waals surface area contributed by atoms with Crippen molar-refractivity contribution < 1.29 is 14.6 Å². The molecular weight excluding hydrogens is 321 g/mol. The third-order valence-corrected chi connectivity index (χ3v) is 5.98. The van der Waals surface area contributed by atoms with Crippen LogP contribution in [0.2, 0.25) is 0 Å². The largest absolute Gasteiger partial charge is 0.416 e. The van der Waals surface area contributed by atoms with Crippen molar-refractivity contribution >= 4 is 5.57 Å². The monoisotopic (exact) mass is 350 g/mol. The fourth-order valence-corrected chi connectivity index (χ4v) is 4.50. The second kappa shape index (κ2) is 7.80. The zero-order valence-corrected chi connectivity index (χ0v) is 14.9. The highest BCUT2D eigenvalue weighted by Crippen LogP contribution is 2.41. The minimum atomic E-state index is -4.25. The van der Waals surface area contributed by atoms with Crippen LogP contribution in [0.1, 0.15) is 64.4 Å². The Hall–Kier alpha value is -1.51. The molecule has 1 atom stereocenters. The SMILES string of the molecule is C/C=C/C1CCC(C2CC=C(c3ccc(C(F)(F)F)cc3)CC2)CC1.[HH]. The summed E-state index contributed by atoms with van der Waals surface area (Å²) in [4.78, 5) is 0. The molecule has 0 spiro atoms. The Morgan fingerprint density at radius 2 is 1.64 bits per heavy atom. The van der Waals surface area contributed by atoms with E-state index in [1.54, 1.807) is 12.1 Å². The van der Waals surface area contributed by atoms with Gasteiger partial charge in [0.1, 0.15) is 0 Å². The summed E-state index contributed by atoms with van der Waals surface area (Å²) in [5.74, 6) is 2.35. The summed E-state index contributed by atoms with van der Waals surface area (Å²) < 4.78 is 38.0. The van der Waals surface area contributed by atoms with Crippen LogP contribution in [-0.4, -0.2) is 0 Å². The lowest BCUT2D eigenvalue weighted by Crippen LogP contribution is -2.22. The quantitative estimate of drug-likeness (QED) is 0.495. The summed E-state index contributed by atoms with van der Waals surface area (Å²) in [7, 11) is 0. The molecule has 0 amide bonds. The fraction of sp³-hybridized carbons (Fsp3) is 0.545. The Labute approximate surface area is 150 Å². The van der Waals surface area contributed by atoms with E-state index < -0.39 is 11.7 Å². The molecule has 0 nitrogen and oxygen atoms in total. The summed E-state index contributed by atoms with van der Waals surface area (Å²) in [6.45, 7) is 2.10. The molecule has 1 aromatic carbocycles. The normalized spacial score (nSPS) is 28.2. The van der Waals surface area contributed by atoms with Gasteiger partial charge in [0.2, 0.25) is 0 Å². The van der Waals surface area contributed by atoms with Crippen molar-refractivity contribution in [3.8, 4) is 0 Å². The van der Waals surface area contributed by atoms with Crippen molar-refractivity contribution in [2.45, 2.75) is 58.0 Å². The molecule has 25 heavy (non-hydrogen) atoms. The highest BCUT2D eigenvalue weighted by molar-refractivity contribution is 5.66. The molecule has 1 unspecified atom stereocenters. The number of allylic oxidation sites excluding steroid dienone is 4. The fourth-order valence-electron chi connectivity index (χ4n) is 4.50. The van der Waals surface area contributed by atoms with E-state index in [2.05, 4.69) is 25.2 Å². The number of hydrogen-bond donors (Lipinski definition) is 0. The van der Waals surface area contributed by atoms with Gasteiger partial charge < -0.3 is 0 Å². The molecule has 0 aromatic heterocycles. The lowest BCUT2D eigenvalue weighted by atomic mass is 9.71. The van der Waals surface area contributed by atoms with E-state index in [9.17, 15) is 13.2 Å². The summed E-state index contributed by atoms with van der Waals surface area (Å²) >= 11 is 0. The minimum Gasteiger partial charge on any atom is -0.166 e. The summed E-state index contributed by atoms with van der Waals surface area (Å²) in [6, 6.07) is 5.64. The maximum absolute atomic E-state index is 12.7. The molecule has 3 rings (SSSR count). The first kappa shape index (κ1) is 18.3. The van der Waals surface area contributed by atoms with Crippen molar-refractivity contribution in [3.63, 3.8) is 0 Å². The molecule has 0 bridgehead atoms. The molecule has 1 aromatic rings. The molecule has 2 aliphatic carbocycles. The van der Waals surface area contributed by atoms with E-state index in [4.69, 9.17) is 0 Å². The van der Waals surface area contributed by atoms with Crippen LogP contribution in [0.25, 0.3) is 5.57 Å². The van der Waals surface area contributed by atoms with E-state index in [1.165, 1.54) is 49.8 Å². The first-order valence-electron chi connectivity index (χ1n) is 9.47. The standard InChI is InChI=1S/C22H27F3.H2/c1-2-3-16-4-6-17(7-5-16)18-8-10-19(11-9-18)20-12-14-21(15-13-20)22(23,24)25;/h2-3,10,12-18H,4-9,11H2,1H3;1H/b3-2+;. The molecule has 0 heterocycles. The molecule has 2 aliphatic rings. The van der Waals surface area contributed by atoms with Gasteiger partial charge in [0.15, 0.2) is 0 Å².